The number of nitrogens with zero attached hydrogens (tertiary/aromatic N) is 2. The Morgan fingerprint density at radius 2 is 2.00 bits per heavy atom. The number of rotatable bonds is 3. The van der Waals surface area contributed by atoms with Gasteiger partial charge in [-0.2, -0.15) is 0 Å². The Balaban J connectivity index is 2.27. The molecule has 1 aromatic rings. The van der Waals surface area contributed by atoms with Crippen molar-refractivity contribution in [2.24, 2.45) is 0 Å². The Bertz CT molecular complexity index is 476. The van der Waals surface area contributed by atoms with Crippen molar-refractivity contribution in [2.45, 2.75) is 6.04 Å². The van der Waals surface area contributed by atoms with Crippen molar-refractivity contribution in [1.29, 1.82) is 0 Å². The molecule has 1 aromatic carbocycles. The van der Waals surface area contributed by atoms with E-state index in [1.807, 2.05) is 11.9 Å². The summed E-state index contributed by atoms with van der Waals surface area (Å²) in [7, 11) is 2.05. The molecular formula is C13H16BrClN2O2. The third-order valence-corrected chi connectivity index (χ3v) is 4.32. The molecule has 1 N–H and O–H groups in total. The van der Waals surface area contributed by atoms with Crippen molar-refractivity contribution in [2.75, 3.05) is 33.2 Å². The van der Waals surface area contributed by atoms with Crippen LogP contribution in [-0.2, 0) is 4.79 Å². The number of benzene rings is 1. The molecule has 1 saturated heterocycles. The molecule has 1 atom stereocenters. The molecule has 1 aliphatic rings. The first-order valence-corrected chi connectivity index (χ1v) is 7.26. The molecule has 1 unspecified atom stereocenters. The van der Waals surface area contributed by atoms with E-state index in [4.69, 9.17) is 11.6 Å². The molecule has 0 bridgehead atoms. The maximum absolute atomic E-state index is 11.6. The number of likely N-dealkylation sites (N-methyl/N-ethyl adjacent to an activating group) is 1. The van der Waals surface area contributed by atoms with Gasteiger partial charge in [-0.3, -0.25) is 9.69 Å². The lowest BCUT2D eigenvalue weighted by Crippen LogP contribution is -2.47. The first-order chi connectivity index (χ1) is 8.99. The summed E-state index contributed by atoms with van der Waals surface area (Å²) >= 11 is 9.32. The van der Waals surface area contributed by atoms with Gasteiger partial charge in [0.05, 0.1) is 0 Å². The van der Waals surface area contributed by atoms with Crippen molar-refractivity contribution >= 4 is 33.5 Å². The molecule has 0 saturated carbocycles. The summed E-state index contributed by atoms with van der Waals surface area (Å²) in [6, 6.07) is 4.63. The fraction of sp³-hybridized carbons (Fsp3) is 0.462. The smallest absolute Gasteiger partial charge is 0.325 e. The number of carbonyl (C=O) groups is 1. The summed E-state index contributed by atoms with van der Waals surface area (Å²) in [5, 5.41) is 10.1. The Morgan fingerprint density at radius 3 is 2.53 bits per heavy atom. The van der Waals surface area contributed by atoms with Gasteiger partial charge < -0.3 is 10.0 Å². The van der Waals surface area contributed by atoms with Crippen LogP contribution in [0.1, 0.15) is 11.6 Å². The molecule has 4 nitrogen and oxygen atoms in total. The SMILES string of the molecule is CN1CCN(C(C(=O)O)c2ccc(Cl)cc2Br)CC1. The molecule has 104 valence electrons. The Hall–Kier alpha value is -0.620. The van der Waals surface area contributed by atoms with Gasteiger partial charge in [0.1, 0.15) is 6.04 Å². The van der Waals surface area contributed by atoms with Gasteiger partial charge in [-0.15, -0.1) is 0 Å². The van der Waals surface area contributed by atoms with Gasteiger partial charge in [0.15, 0.2) is 0 Å². The van der Waals surface area contributed by atoms with Gasteiger partial charge in [-0.05, 0) is 24.7 Å². The lowest BCUT2D eigenvalue weighted by molar-refractivity contribution is -0.144. The highest BCUT2D eigenvalue weighted by molar-refractivity contribution is 9.10. The van der Waals surface area contributed by atoms with Crippen LogP contribution < -0.4 is 0 Å². The summed E-state index contributed by atoms with van der Waals surface area (Å²) in [6.45, 7) is 3.27. The quantitative estimate of drug-likeness (QED) is 0.912. The highest BCUT2D eigenvalue weighted by Crippen LogP contribution is 2.31. The standard InChI is InChI=1S/C13H16BrClN2O2/c1-16-4-6-17(7-5-16)12(13(18)19)10-3-2-9(15)8-11(10)14/h2-3,8,12H,4-7H2,1H3,(H,18,19). The minimum atomic E-state index is -0.826. The number of carboxylic acid groups (broad SMARTS) is 1. The normalized spacial score (nSPS) is 19.3. The van der Waals surface area contributed by atoms with E-state index in [1.54, 1.807) is 18.2 Å². The minimum Gasteiger partial charge on any atom is -0.480 e. The number of halogens is 2. The second-order valence-corrected chi connectivity index (χ2v) is 6.04. The minimum absolute atomic E-state index is 0.596. The molecule has 2 rings (SSSR count). The molecule has 0 amide bonds. The Morgan fingerprint density at radius 1 is 1.37 bits per heavy atom. The average Bonchev–Trinajstić information content (AvgIpc) is 2.34. The van der Waals surface area contributed by atoms with E-state index >= 15 is 0 Å². The number of piperazine rings is 1. The monoisotopic (exact) mass is 346 g/mol. The van der Waals surface area contributed by atoms with Crippen LogP contribution in [0.2, 0.25) is 5.02 Å². The van der Waals surface area contributed by atoms with Crippen LogP contribution in [-0.4, -0.2) is 54.1 Å². The maximum Gasteiger partial charge on any atom is 0.325 e. The highest BCUT2D eigenvalue weighted by atomic mass is 79.9. The van der Waals surface area contributed by atoms with Crippen molar-refractivity contribution in [3.63, 3.8) is 0 Å². The summed E-state index contributed by atoms with van der Waals surface area (Å²) in [6.07, 6.45) is 0. The van der Waals surface area contributed by atoms with E-state index in [2.05, 4.69) is 20.8 Å². The van der Waals surface area contributed by atoms with Crippen LogP contribution in [0, 0.1) is 0 Å². The van der Waals surface area contributed by atoms with Crippen LogP contribution in [0.5, 0.6) is 0 Å². The van der Waals surface area contributed by atoms with Gasteiger partial charge in [0, 0.05) is 35.7 Å². The Labute approximate surface area is 126 Å². The van der Waals surface area contributed by atoms with Crippen LogP contribution in [0.25, 0.3) is 0 Å². The maximum atomic E-state index is 11.6. The van der Waals surface area contributed by atoms with E-state index in [0.29, 0.717) is 5.02 Å². The third-order valence-electron chi connectivity index (χ3n) is 3.39. The molecule has 0 aromatic heterocycles. The first-order valence-electron chi connectivity index (χ1n) is 6.09. The summed E-state index contributed by atoms with van der Waals surface area (Å²) in [5.74, 6) is -0.826. The number of hydrogen-bond donors (Lipinski definition) is 1. The van der Waals surface area contributed by atoms with E-state index < -0.39 is 12.0 Å². The third kappa shape index (κ3) is 3.48. The topological polar surface area (TPSA) is 43.8 Å². The molecule has 6 heteroatoms. The number of hydrogen-bond acceptors (Lipinski definition) is 3. The van der Waals surface area contributed by atoms with Gasteiger partial charge in [0.25, 0.3) is 0 Å². The lowest BCUT2D eigenvalue weighted by atomic mass is 10.0. The summed E-state index contributed by atoms with van der Waals surface area (Å²) in [4.78, 5) is 15.8. The lowest BCUT2D eigenvalue weighted by Gasteiger charge is -2.36. The Kier molecular flexibility index (Phi) is 4.84. The molecule has 1 aliphatic heterocycles. The largest absolute Gasteiger partial charge is 0.480 e. The van der Waals surface area contributed by atoms with Gasteiger partial charge in [-0.25, -0.2) is 0 Å². The second-order valence-electron chi connectivity index (χ2n) is 4.75. The summed E-state index contributed by atoms with van der Waals surface area (Å²) < 4.78 is 0.742. The predicted octanol–water partition coefficient (Wildman–Crippen LogP) is 2.48. The predicted molar refractivity (Wildman–Crippen MR) is 78.6 cm³/mol. The molecule has 0 radical (unpaired) electrons. The van der Waals surface area contributed by atoms with Crippen LogP contribution in [0.15, 0.2) is 22.7 Å². The van der Waals surface area contributed by atoms with E-state index in [1.165, 1.54) is 0 Å². The van der Waals surface area contributed by atoms with E-state index in [-0.39, 0.29) is 0 Å². The molecular weight excluding hydrogens is 332 g/mol. The molecule has 1 heterocycles. The number of carboxylic acids is 1. The zero-order valence-electron chi connectivity index (χ0n) is 10.6. The van der Waals surface area contributed by atoms with Gasteiger partial charge >= 0.3 is 5.97 Å². The van der Waals surface area contributed by atoms with Crippen molar-refractivity contribution in [3.8, 4) is 0 Å². The fourth-order valence-electron chi connectivity index (χ4n) is 2.29. The van der Waals surface area contributed by atoms with Gasteiger partial charge in [0.2, 0.25) is 0 Å². The van der Waals surface area contributed by atoms with Crippen molar-refractivity contribution < 1.29 is 9.90 Å². The van der Waals surface area contributed by atoms with E-state index in [9.17, 15) is 9.90 Å². The second kappa shape index (κ2) is 6.22. The molecule has 0 aliphatic carbocycles. The molecule has 0 spiro atoms. The van der Waals surface area contributed by atoms with Crippen molar-refractivity contribution in [3.05, 3.63) is 33.3 Å². The van der Waals surface area contributed by atoms with E-state index in [0.717, 1.165) is 36.2 Å². The summed E-state index contributed by atoms with van der Waals surface area (Å²) in [5.41, 5.74) is 0.751. The zero-order chi connectivity index (χ0) is 14.0. The molecule has 1 fully saturated rings. The van der Waals surface area contributed by atoms with Crippen LogP contribution >= 0.6 is 27.5 Å². The van der Waals surface area contributed by atoms with Crippen LogP contribution in [0.4, 0.5) is 0 Å². The first kappa shape index (κ1) is 14.8. The fourth-order valence-corrected chi connectivity index (χ4v) is 3.19. The average molecular weight is 348 g/mol. The van der Waals surface area contributed by atoms with Gasteiger partial charge in [-0.1, -0.05) is 33.6 Å². The number of aliphatic carboxylic acids is 1. The van der Waals surface area contributed by atoms with Crippen LogP contribution in [0.3, 0.4) is 0 Å². The molecule has 19 heavy (non-hydrogen) atoms. The van der Waals surface area contributed by atoms with Crippen molar-refractivity contribution in [1.82, 2.24) is 9.80 Å². The zero-order valence-corrected chi connectivity index (χ0v) is 13.0. The highest BCUT2D eigenvalue weighted by Gasteiger charge is 2.30.